The maximum absolute atomic E-state index is 14.9. The quantitative estimate of drug-likeness (QED) is 0.473. The maximum Gasteiger partial charge on any atom is 0.323 e. The summed E-state index contributed by atoms with van der Waals surface area (Å²) in [7, 11) is 0. The van der Waals surface area contributed by atoms with Gasteiger partial charge in [-0.1, -0.05) is 41.9 Å². The second-order valence-corrected chi connectivity index (χ2v) is 7.18. The predicted octanol–water partition coefficient (Wildman–Crippen LogP) is 3.50. The van der Waals surface area contributed by atoms with Crippen LogP contribution in [0.15, 0.2) is 65.5 Å². The number of amides is 1. The van der Waals surface area contributed by atoms with E-state index in [1.54, 1.807) is 42.5 Å². The molecule has 0 bridgehead atoms. The number of nitrogens with zero attached hydrogens (tertiary/aromatic N) is 1. The van der Waals surface area contributed by atoms with Gasteiger partial charge in [-0.25, -0.2) is 9.18 Å². The van der Waals surface area contributed by atoms with E-state index in [4.69, 9.17) is 11.6 Å². The number of nitrogens with one attached hydrogen (secondary N) is 2. The van der Waals surface area contributed by atoms with Gasteiger partial charge in [0.2, 0.25) is 0 Å². The van der Waals surface area contributed by atoms with Gasteiger partial charge in [0.05, 0.1) is 21.7 Å². The van der Waals surface area contributed by atoms with Gasteiger partial charge in [0.15, 0.2) is 11.5 Å². The molecule has 5 rings (SSSR count). The Labute approximate surface area is 168 Å². The lowest BCUT2D eigenvalue weighted by atomic mass is 9.93. The van der Waals surface area contributed by atoms with Crippen LogP contribution in [0, 0.1) is 5.82 Å². The van der Waals surface area contributed by atoms with Crippen LogP contribution in [-0.2, 0) is 5.72 Å². The first kappa shape index (κ1) is 17.7. The summed E-state index contributed by atoms with van der Waals surface area (Å²) in [6, 6.07) is 15.5. The number of anilines is 1. The second kappa shape index (κ2) is 6.04. The summed E-state index contributed by atoms with van der Waals surface area (Å²) in [5, 5.41) is 11.7. The van der Waals surface area contributed by atoms with Gasteiger partial charge in [0.25, 0.3) is 5.91 Å². The predicted molar refractivity (Wildman–Crippen MR) is 107 cm³/mol. The Balaban J connectivity index is 1.82. The van der Waals surface area contributed by atoms with Crippen molar-refractivity contribution in [2.45, 2.75) is 5.72 Å². The van der Waals surface area contributed by atoms with Gasteiger partial charge in [-0.3, -0.25) is 9.69 Å². The summed E-state index contributed by atoms with van der Waals surface area (Å²) in [6.45, 7) is 0. The largest absolute Gasteiger partial charge is 0.363 e. The Morgan fingerprint density at radius 3 is 2.55 bits per heavy atom. The average Bonchev–Trinajstić information content (AvgIpc) is 3.19. The Hall–Kier alpha value is -3.42. The van der Waals surface area contributed by atoms with Crippen molar-refractivity contribution in [1.29, 1.82) is 0 Å². The van der Waals surface area contributed by atoms with Crippen LogP contribution in [0.2, 0.25) is 5.02 Å². The molecule has 4 aromatic rings. The molecule has 0 aliphatic carbocycles. The van der Waals surface area contributed by atoms with E-state index in [1.165, 1.54) is 18.2 Å². The molecule has 1 aromatic heterocycles. The summed E-state index contributed by atoms with van der Waals surface area (Å²) in [5.74, 6) is -1.38. The van der Waals surface area contributed by atoms with Crippen molar-refractivity contribution in [1.82, 2.24) is 9.97 Å². The highest BCUT2D eigenvalue weighted by molar-refractivity contribution is 6.31. The molecule has 3 aromatic carbocycles. The molecule has 0 fully saturated rings. The minimum atomic E-state index is -2.00. The second-order valence-electron chi connectivity index (χ2n) is 6.77. The first-order valence-electron chi connectivity index (χ1n) is 8.74. The minimum absolute atomic E-state index is 0.149. The van der Waals surface area contributed by atoms with Gasteiger partial charge in [-0.15, -0.1) is 0 Å². The third-order valence-corrected chi connectivity index (χ3v) is 5.44. The van der Waals surface area contributed by atoms with Gasteiger partial charge < -0.3 is 15.1 Å². The average molecular weight is 410 g/mol. The van der Waals surface area contributed by atoms with E-state index >= 15 is 0 Å². The van der Waals surface area contributed by atoms with Gasteiger partial charge >= 0.3 is 5.69 Å². The molecule has 3 N–H and O–H groups in total. The van der Waals surface area contributed by atoms with E-state index in [1.807, 2.05) is 0 Å². The number of imidazole rings is 1. The molecular formula is C21H13ClFN3O3. The van der Waals surface area contributed by atoms with E-state index in [0.717, 1.165) is 4.90 Å². The van der Waals surface area contributed by atoms with Gasteiger partial charge in [-0.05, 0) is 30.3 Å². The normalized spacial score (nSPS) is 18.4. The van der Waals surface area contributed by atoms with Crippen molar-refractivity contribution in [3.63, 3.8) is 0 Å². The molecule has 144 valence electrons. The molecule has 0 saturated heterocycles. The van der Waals surface area contributed by atoms with Crippen LogP contribution in [0.1, 0.15) is 21.5 Å². The first-order chi connectivity index (χ1) is 13.9. The lowest BCUT2D eigenvalue weighted by molar-refractivity contribution is 0.0699. The van der Waals surface area contributed by atoms with Crippen molar-refractivity contribution in [3.05, 3.63) is 98.7 Å². The SMILES string of the molecule is O=C1c2ccccc2C(O)(c2ccc3[nH]c(=O)[nH]c3c2)N1c1cccc(Cl)c1F. The molecule has 6 nitrogen and oxygen atoms in total. The number of aromatic nitrogens is 2. The number of hydrogen-bond donors (Lipinski definition) is 3. The minimum Gasteiger partial charge on any atom is -0.363 e. The van der Waals surface area contributed by atoms with E-state index in [2.05, 4.69) is 9.97 Å². The van der Waals surface area contributed by atoms with Gasteiger partial charge in [0, 0.05) is 16.7 Å². The Morgan fingerprint density at radius 2 is 1.72 bits per heavy atom. The summed E-state index contributed by atoms with van der Waals surface area (Å²) >= 11 is 5.93. The van der Waals surface area contributed by atoms with Gasteiger partial charge in [-0.2, -0.15) is 0 Å². The smallest absolute Gasteiger partial charge is 0.323 e. The van der Waals surface area contributed by atoms with E-state index in [0.29, 0.717) is 16.6 Å². The number of aliphatic hydroxyl groups is 1. The number of rotatable bonds is 2. The summed E-state index contributed by atoms with van der Waals surface area (Å²) in [6.07, 6.45) is 0. The molecule has 2 heterocycles. The zero-order chi connectivity index (χ0) is 20.3. The van der Waals surface area contributed by atoms with Crippen LogP contribution in [0.4, 0.5) is 10.1 Å². The standard InChI is InChI=1S/C21H13ClFN3O3/c22-14-6-3-7-17(18(14)23)26-19(27)12-4-1-2-5-13(12)21(26,29)11-8-9-15-16(10-11)25-20(28)24-15/h1-10,29H,(H2,24,25,28). The Kier molecular flexibility index (Phi) is 3.68. The number of carbonyl (C=O) groups excluding carboxylic acids is 1. The van der Waals surface area contributed by atoms with E-state index in [9.17, 15) is 19.1 Å². The van der Waals surface area contributed by atoms with Crippen LogP contribution in [-0.4, -0.2) is 21.0 Å². The number of carbonyl (C=O) groups is 1. The van der Waals surface area contributed by atoms with Crippen LogP contribution in [0.25, 0.3) is 11.0 Å². The molecule has 1 aliphatic rings. The molecule has 1 amide bonds. The highest BCUT2D eigenvalue weighted by atomic mass is 35.5. The third kappa shape index (κ3) is 2.38. The fourth-order valence-corrected chi connectivity index (χ4v) is 4.01. The van der Waals surface area contributed by atoms with E-state index < -0.39 is 23.1 Å². The number of aromatic amines is 2. The lowest BCUT2D eigenvalue weighted by Crippen LogP contribution is -2.45. The molecule has 0 saturated carbocycles. The third-order valence-electron chi connectivity index (χ3n) is 5.15. The molecular weight excluding hydrogens is 397 g/mol. The van der Waals surface area contributed by atoms with Crippen LogP contribution in [0.5, 0.6) is 0 Å². The monoisotopic (exact) mass is 409 g/mol. The van der Waals surface area contributed by atoms with Crippen molar-refractivity contribution in [2.75, 3.05) is 4.90 Å². The molecule has 1 unspecified atom stereocenters. The van der Waals surface area contributed by atoms with Crippen LogP contribution >= 0.6 is 11.6 Å². The van der Waals surface area contributed by atoms with Crippen molar-refractivity contribution >= 4 is 34.2 Å². The maximum atomic E-state index is 14.9. The number of hydrogen-bond acceptors (Lipinski definition) is 3. The van der Waals surface area contributed by atoms with E-state index in [-0.39, 0.29) is 21.8 Å². The Bertz CT molecular complexity index is 1360. The van der Waals surface area contributed by atoms with Crippen LogP contribution < -0.4 is 10.6 Å². The highest BCUT2D eigenvalue weighted by Gasteiger charge is 2.51. The molecule has 0 radical (unpaired) electrons. The van der Waals surface area contributed by atoms with Crippen molar-refractivity contribution in [2.24, 2.45) is 0 Å². The molecule has 8 heteroatoms. The summed E-state index contributed by atoms with van der Waals surface area (Å²) < 4.78 is 14.9. The topological polar surface area (TPSA) is 89.2 Å². The van der Waals surface area contributed by atoms with Crippen LogP contribution in [0.3, 0.4) is 0 Å². The number of fused-ring (bicyclic) bond motifs is 2. The summed E-state index contributed by atoms with van der Waals surface area (Å²) in [5.41, 5.74) is -0.711. The zero-order valence-corrected chi connectivity index (χ0v) is 15.5. The lowest BCUT2D eigenvalue weighted by Gasteiger charge is -2.35. The molecule has 1 atom stereocenters. The van der Waals surface area contributed by atoms with Crippen molar-refractivity contribution < 1.29 is 14.3 Å². The van der Waals surface area contributed by atoms with Crippen molar-refractivity contribution in [3.8, 4) is 0 Å². The Morgan fingerprint density at radius 1 is 0.966 bits per heavy atom. The molecule has 29 heavy (non-hydrogen) atoms. The highest BCUT2D eigenvalue weighted by Crippen LogP contribution is 2.46. The van der Waals surface area contributed by atoms with Gasteiger partial charge in [0.1, 0.15) is 0 Å². The number of halogens is 2. The number of H-pyrrole nitrogens is 2. The molecule has 1 aliphatic heterocycles. The summed E-state index contributed by atoms with van der Waals surface area (Å²) in [4.78, 5) is 31.1. The fraction of sp³-hybridized carbons (Fsp3) is 0.0476. The number of benzene rings is 3. The zero-order valence-electron chi connectivity index (χ0n) is 14.7. The molecule has 0 spiro atoms. The fourth-order valence-electron chi connectivity index (χ4n) is 3.84. The first-order valence-corrected chi connectivity index (χ1v) is 9.12.